The van der Waals surface area contributed by atoms with Crippen molar-refractivity contribution in [3.05, 3.63) is 18.5 Å². The van der Waals surface area contributed by atoms with Gasteiger partial charge in [-0.2, -0.15) is 0 Å². The number of guanidine groups is 1. The first-order chi connectivity index (χ1) is 12.3. The predicted octanol–water partition coefficient (Wildman–Crippen LogP) is 3.01. The second-order valence-electron chi connectivity index (χ2n) is 7.25. The van der Waals surface area contributed by atoms with Crippen LogP contribution >= 0.6 is 24.0 Å². The Morgan fingerprint density at radius 2 is 1.69 bits per heavy atom. The molecule has 6 nitrogen and oxygen atoms in total. The number of hydrogen-bond donors (Lipinski definition) is 1. The zero-order chi connectivity index (χ0) is 17.5. The normalized spacial score (nSPS) is 24.2. The summed E-state index contributed by atoms with van der Waals surface area (Å²) in [6.45, 7) is 7.18. The van der Waals surface area contributed by atoms with Crippen molar-refractivity contribution in [3.8, 4) is 0 Å². The Labute approximate surface area is 174 Å². The Bertz CT molecular complexity index is 536. The first-order valence-electron chi connectivity index (χ1n) is 9.77. The molecule has 0 spiro atoms. The van der Waals surface area contributed by atoms with Gasteiger partial charge in [-0.25, -0.2) is 9.97 Å². The third kappa shape index (κ3) is 5.69. The van der Waals surface area contributed by atoms with Crippen LogP contribution < -0.4 is 10.2 Å². The molecule has 0 atom stereocenters. The smallest absolute Gasteiger partial charge is 0.225 e. The molecule has 146 valence electrons. The van der Waals surface area contributed by atoms with Crippen LogP contribution in [0.2, 0.25) is 0 Å². The van der Waals surface area contributed by atoms with Crippen LogP contribution in [0, 0.1) is 11.8 Å². The van der Waals surface area contributed by atoms with E-state index in [0.717, 1.165) is 56.5 Å². The van der Waals surface area contributed by atoms with Crippen LogP contribution in [0.4, 0.5) is 5.95 Å². The summed E-state index contributed by atoms with van der Waals surface area (Å²) in [4.78, 5) is 17.8. The lowest BCUT2D eigenvalue weighted by molar-refractivity contribution is 0.266. The first kappa shape index (κ1) is 21.2. The average Bonchev–Trinajstić information content (AvgIpc) is 2.70. The molecule has 0 unspecified atom stereocenters. The van der Waals surface area contributed by atoms with Crippen LogP contribution in [-0.2, 0) is 0 Å². The summed E-state index contributed by atoms with van der Waals surface area (Å²) in [6, 6.07) is 1.86. The lowest BCUT2D eigenvalue weighted by Crippen LogP contribution is -2.53. The molecule has 1 aliphatic carbocycles. The molecule has 2 aliphatic rings. The molecule has 1 saturated carbocycles. The van der Waals surface area contributed by atoms with Gasteiger partial charge in [-0.3, -0.25) is 4.99 Å². The van der Waals surface area contributed by atoms with Crippen LogP contribution in [-0.4, -0.2) is 60.6 Å². The fraction of sp³-hybridized carbons (Fsp3) is 0.737. The number of hydrogen-bond acceptors (Lipinski definition) is 4. The summed E-state index contributed by atoms with van der Waals surface area (Å²) in [5.74, 6) is 3.64. The van der Waals surface area contributed by atoms with Crippen LogP contribution in [0.25, 0.3) is 0 Å². The number of piperazine rings is 1. The van der Waals surface area contributed by atoms with E-state index in [9.17, 15) is 0 Å². The molecule has 7 heteroatoms. The van der Waals surface area contributed by atoms with Crippen molar-refractivity contribution in [2.75, 3.05) is 44.7 Å². The van der Waals surface area contributed by atoms with Crippen LogP contribution in [0.15, 0.2) is 23.5 Å². The fourth-order valence-corrected chi connectivity index (χ4v) is 3.98. The molecule has 1 aromatic rings. The van der Waals surface area contributed by atoms with Crippen molar-refractivity contribution in [1.82, 2.24) is 20.2 Å². The Morgan fingerprint density at radius 1 is 1.08 bits per heavy atom. The average molecular weight is 472 g/mol. The van der Waals surface area contributed by atoms with Gasteiger partial charge in [-0.15, -0.1) is 24.0 Å². The molecule has 26 heavy (non-hydrogen) atoms. The van der Waals surface area contributed by atoms with E-state index < -0.39 is 0 Å². The van der Waals surface area contributed by atoms with Gasteiger partial charge in [0.2, 0.25) is 5.95 Å². The van der Waals surface area contributed by atoms with Gasteiger partial charge in [0.1, 0.15) is 0 Å². The van der Waals surface area contributed by atoms with E-state index in [1.807, 2.05) is 25.5 Å². The SMILES string of the molecule is CCC1CCC(CNC(=NC)N2CCN(c3ncccn3)CC2)CC1.I. The van der Waals surface area contributed by atoms with E-state index in [-0.39, 0.29) is 24.0 Å². The van der Waals surface area contributed by atoms with E-state index in [1.54, 1.807) is 0 Å². The molecule has 1 N–H and O–H groups in total. The highest BCUT2D eigenvalue weighted by Gasteiger charge is 2.23. The van der Waals surface area contributed by atoms with Gasteiger partial charge in [-0.1, -0.05) is 26.2 Å². The van der Waals surface area contributed by atoms with Crippen LogP contribution in [0.1, 0.15) is 39.0 Å². The quantitative estimate of drug-likeness (QED) is 0.415. The summed E-state index contributed by atoms with van der Waals surface area (Å²) in [5.41, 5.74) is 0. The number of nitrogens with one attached hydrogen (secondary N) is 1. The zero-order valence-electron chi connectivity index (χ0n) is 16.1. The van der Waals surface area contributed by atoms with Gasteiger partial charge in [0, 0.05) is 52.2 Å². The summed E-state index contributed by atoms with van der Waals surface area (Å²) < 4.78 is 0. The molecular weight excluding hydrogens is 439 g/mol. The highest BCUT2D eigenvalue weighted by molar-refractivity contribution is 14.0. The van der Waals surface area contributed by atoms with E-state index in [2.05, 4.69) is 37.0 Å². The van der Waals surface area contributed by atoms with Crippen LogP contribution in [0.3, 0.4) is 0 Å². The maximum Gasteiger partial charge on any atom is 0.225 e. The number of nitrogens with zero attached hydrogens (tertiary/aromatic N) is 5. The minimum atomic E-state index is 0. The third-order valence-electron chi connectivity index (χ3n) is 5.72. The molecule has 0 aromatic carbocycles. The molecule has 1 aromatic heterocycles. The van der Waals surface area contributed by atoms with Gasteiger partial charge in [-0.05, 0) is 30.7 Å². The van der Waals surface area contributed by atoms with Crippen molar-refractivity contribution < 1.29 is 0 Å². The van der Waals surface area contributed by atoms with Gasteiger partial charge in [0.25, 0.3) is 0 Å². The van der Waals surface area contributed by atoms with Crippen molar-refractivity contribution in [1.29, 1.82) is 0 Å². The second-order valence-corrected chi connectivity index (χ2v) is 7.25. The van der Waals surface area contributed by atoms with Gasteiger partial charge >= 0.3 is 0 Å². The molecule has 1 aliphatic heterocycles. The Hall–Kier alpha value is -1.12. The monoisotopic (exact) mass is 472 g/mol. The lowest BCUT2D eigenvalue weighted by atomic mass is 9.81. The zero-order valence-corrected chi connectivity index (χ0v) is 18.4. The largest absolute Gasteiger partial charge is 0.356 e. The minimum absolute atomic E-state index is 0. The van der Waals surface area contributed by atoms with Crippen molar-refractivity contribution in [3.63, 3.8) is 0 Å². The summed E-state index contributed by atoms with van der Waals surface area (Å²) in [6.07, 6.45) is 10.5. The maximum absolute atomic E-state index is 4.51. The highest BCUT2D eigenvalue weighted by Crippen LogP contribution is 2.30. The summed E-state index contributed by atoms with van der Waals surface area (Å²) in [5, 5.41) is 3.62. The molecule has 3 rings (SSSR count). The number of aliphatic imine (C=N–C) groups is 1. The van der Waals surface area contributed by atoms with E-state index in [1.165, 1.54) is 32.1 Å². The summed E-state index contributed by atoms with van der Waals surface area (Å²) in [7, 11) is 1.89. The van der Waals surface area contributed by atoms with Crippen LogP contribution in [0.5, 0.6) is 0 Å². The third-order valence-corrected chi connectivity index (χ3v) is 5.72. The van der Waals surface area contributed by atoms with Crippen molar-refractivity contribution >= 4 is 35.9 Å². The van der Waals surface area contributed by atoms with E-state index >= 15 is 0 Å². The number of anilines is 1. The van der Waals surface area contributed by atoms with Gasteiger partial charge < -0.3 is 15.1 Å². The molecule has 0 radical (unpaired) electrons. The summed E-state index contributed by atoms with van der Waals surface area (Å²) >= 11 is 0. The molecule has 0 bridgehead atoms. The second kappa shape index (κ2) is 10.9. The fourth-order valence-electron chi connectivity index (χ4n) is 3.98. The Balaban J connectivity index is 0.00000243. The Kier molecular flexibility index (Phi) is 8.87. The maximum atomic E-state index is 4.51. The minimum Gasteiger partial charge on any atom is -0.356 e. The number of aromatic nitrogens is 2. The molecule has 2 fully saturated rings. The lowest BCUT2D eigenvalue weighted by Gasteiger charge is -2.37. The molecular formula is C19H33IN6. The first-order valence-corrected chi connectivity index (χ1v) is 9.77. The van der Waals surface area contributed by atoms with Crippen molar-refractivity contribution in [2.24, 2.45) is 16.8 Å². The molecule has 2 heterocycles. The topological polar surface area (TPSA) is 56.7 Å². The molecule has 1 saturated heterocycles. The molecule has 0 amide bonds. The predicted molar refractivity (Wildman–Crippen MR) is 118 cm³/mol. The standard InChI is InChI=1S/C19H32N6.HI/c1-3-16-5-7-17(8-6-16)15-23-18(20-2)24-11-13-25(14-12-24)19-21-9-4-10-22-19;/h4,9-10,16-17H,3,5-8,11-15H2,1-2H3,(H,20,23);1H. The number of rotatable bonds is 4. The number of halogens is 1. The Morgan fingerprint density at radius 3 is 2.27 bits per heavy atom. The van der Waals surface area contributed by atoms with E-state index in [4.69, 9.17) is 0 Å². The van der Waals surface area contributed by atoms with E-state index in [0.29, 0.717) is 0 Å². The highest BCUT2D eigenvalue weighted by atomic mass is 127. The van der Waals surface area contributed by atoms with Gasteiger partial charge in [0.05, 0.1) is 0 Å². The van der Waals surface area contributed by atoms with Crippen molar-refractivity contribution in [2.45, 2.75) is 39.0 Å². The van der Waals surface area contributed by atoms with Gasteiger partial charge in [0.15, 0.2) is 5.96 Å².